The summed E-state index contributed by atoms with van der Waals surface area (Å²) in [7, 11) is 1.58. The number of nitrogens with zero attached hydrogens (tertiary/aromatic N) is 1. The van der Waals surface area contributed by atoms with E-state index >= 15 is 0 Å². The van der Waals surface area contributed by atoms with Crippen molar-refractivity contribution < 1.29 is 14.6 Å². The first-order valence-corrected chi connectivity index (χ1v) is 7.52. The minimum absolute atomic E-state index is 0.118. The molecular formula is C15H11Br2NO3. The third-order valence-corrected chi connectivity index (χ3v) is 4.01. The zero-order valence-electron chi connectivity index (χ0n) is 11.1. The summed E-state index contributed by atoms with van der Waals surface area (Å²) >= 11 is 6.79. The fourth-order valence-electron chi connectivity index (χ4n) is 1.72. The Morgan fingerprint density at radius 2 is 1.76 bits per heavy atom. The van der Waals surface area contributed by atoms with Crippen molar-refractivity contribution >= 4 is 31.9 Å². The molecule has 2 aromatic rings. The van der Waals surface area contributed by atoms with E-state index in [0.29, 0.717) is 32.8 Å². The van der Waals surface area contributed by atoms with Crippen LogP contribution in [-0.4, -0.2) is 12.2 Å². The van der Waals surface area contributed by atoms with Gasteiger partial charge >= 0.3 is 0 Å². The molecule has 0 bridgehead atoms. The van der Waals surface area contributed by atoms with Crippen molar-refractivity contribution in [1.29, 1.82) is 5.26 Å². The van der Waals surface area contributed by atoms with Gasteiger partial charge in [-0.25, -0.2) is 0 Å². The highest BCUT2D eigenvalue weighted by Gasteiger charge is 2.12. The molecule has 0 aliphatic carbocycles. The van der Waals surface area contributed by atoms with Gasteiger partial charge in [0.15, 0.2) is 0 Å². The van der Waals surface area contributed by atoms with Crippen LogP contribution < -0.4 is 9.47 Å². The highest BCUT2D eigenvalue weighted by atomic mass is 79.9. The van der Waals surface area contributed by atoms with Crippen LogP contribution in [-0.2, 0) is 6.61 Å². The van der Waals surface area contributed by atoms with Crippen molar-refractivity contribution in [3.8, 4) is 23.3 Å². The second kappa shape index (κ2) is 6.94. The van der Waals surface area contributed by atoms with E-state index in [9.17, 15) is 0 Å². The van der Waals surface area contributed by atoms with Gasteiger partial charge in [0.25, 0.3) is 0 Å². The largest absolute Gasteiger partial charge is 0.496 e. The van der Waals surface area contributed by atoms with Crippen molar-refractivity contribution in [2.45, 2.75) is 6.61 Å². The first-order chi connectivity index (χ1) is 10.1. The zero-order chi connectivity index (χ0) is 15.4. The monoisotopic (exact) mass is 411 g/mol. The fourth-order valence-corrected chi connectivity index (χ4v) is 2.60. The first kappa shape index (κ1) is 15.8. The Labute approximate surface area is 139 Å². The summed E-state index contributed by atoms with van der Waals surface area (Å²) < 4.78 is 12.4. The standard InChI is InChI=1S/C15H11Br2NO3/c1-20-14-5-12(17)15(6-11(14)16)21-13-3-2-9(8-19)4-10(13)7-18/h2-6,19H,8H2,1H3. The van der Waals surface area contributed by atoms with Crippen LogP contribution in [0.5, 0.6) is 17.2 Å². The summed E-state index contributed by atoms with van der Waals surface area (Å²) in [6.07, 6.45) is 0. The molecule has 0 aliphatic heterocycles. The van der Waals surface area contributed by atoms with Crippen molar-refractivity contribution in [2.24, 2.45) is 0 Å². The lowest BCUT2D eigenvalue weighted by atomic mass is 10.1. The van der Waals surface area contributed by atoms with E-state index < -0.39 is 0 Å². The van der Waals surface area contributed by atoms with Crippen molar-refractivity contribution in [1.82, 2.24) is 0 Å². The number of rotatable bonds is 4. The second-order valence-corrected chi connectivity index (χ2v) is 5.83. The Morgan fingerprint density at radius 1 is 1.10 bits per heavy atom. The lowest BCUT2D eigenvalue weighted by Crippen LogP contribution is -1.93. The number of methoxy groups -OCH3 is 1. The van der Waals surface area contributed by atoms with Crippen LogP contribution >= 0.6 is 31.9 Å². The molecule has 0 atom stereocenters. The molecule has 108 valence electrons. The Kier molecular flexibility index (Phi) is 5.23. The van der Waals surface area contributed by atoms with E-state index in [-0.39, 0.29) is 6.61 Å². The van der Waals surface area contributed by atoms with Gasteiger partial charge in [-0.05, 0) is 61.7 Å². The van der Waals surface area contributed by atoms with Crippen LogP contribution in [0.2, 0.25) is 0 Å². The second-order valence-electron chi connectivity index (χ2n) is 4.12. The number of aliphatic hydroxyl groups excluding tert-OH is 1. The van der Waals surface area contributed by atoms with Crippen LogP contribution in [0.15, 0.2) is 39.3 Å². The Hall–Kier alpha value is -1.55. The third-order valence-electron chi connectivity index (χ3n) is 2.77. The molecule has 0 radical (unpaired) electrons. The maximum Gasteiger partial charge on any atom is 0.145 e. The maximum atomic E-state index is 9.17. The number of benzene rings is 2. The van der Waals surface area contributed by atoms with Gasteiger partial charge in [0.2, 0.25) is 0 Å². The van der Waals surface area contributed by atoms with Crippen LogP contribution in [0, 0.1) is 11.3 Å². The lowest BCUT2D eigenvalue weighted by Gasteiger charge is -2.12. The van der Waals surface area contributed by atoms with Gasteiger partial charge in [0, 0.05) is 0 Å². The molecule has 0 amide bonds. The number of hydrogen-bond acceptors (Lipinski definition) is 4. The van der Waals surface area contributed by atoms with Crippen LogP contribution in [0.3, 0.4) is 0 Å². The molecule has 0 saturated heterocycles. The summed E-state index contributed by atoms with van der Waals surface area (Å²) in [6, 6.07) is 10.6. The number of hydrogen-bond donors (Lipinski definition) is 1. The summed E-state index contributed by atoms with van der Waals surface area (Å²) in [5.41, 5.74) is 1.02. The first-order valence-electron chi connectivity index (χ1n) is 5.93. The van der Waals surface area contributed by atoms with Gasteiger partial charge in [0.1, 0.15) is 23.3 Å². The van der Waals surface area contributed by atoms with Crippen LogP contribution in [0.4, 0.5) is 0 Å². The van der Waals surface area contributed by atoms with E-state index in [1.807, 2.05) is 0 Å². The molecule has 0 heterocycles. The molecule has 0 saturated carbocycles. The van der Waals surface area contributed by atoms with Crippen molar-refractivity contribution in [2.75, 3.05) is 7.11 Å². The van der Waals surface area contributed by atoms with Gasteiger partial charge in [-0.1, -0.05) is 6.07 Å². The molecular weight excluding hydrogens is 402 g/mol. The highest BCUT2D eigenvalue weighted by molar-refractivity contribution is 9.11. The average Bonchev–Trinajstić information content (AvgIpc) is 2.50. The summed E-state index contributed by atoms with van der Waals surface area (Å²) in [4.78, 5) is 0. The normalized spacial score (nSPS) is 10.0. The zero-order valence-corrected chi connectivity index (χ0v) is 14.2. The SMILES string of the molecule is COc1cc(Br)c(Oc2ccc(CO)cc2C#N)cc1Br. The number of nitriles is 1. The van der Waals surface area contributed by atoms with Crippen LogP contribution in [0.1, 0.15) is 11.1 Å². The summed E-state index contributed by atoms with van der Waals surface area (Å²) in [6.45, 7) is -0.118. The van der Waals surface area contributed by atoms with Gasteiger partial charge in [-0.3, -0.25) is 0 Å². The van der Waals surface area contributed by atoms with Gasteiger partial charge in [-0.2, -0.15) is 5.26 Å². The quantitative estimate of drug-likeness (QED) is 0.809. The van der Waals surface area contributed by atoms with E-state index in [0.717, 1.165) is 4.47 Å². The van der Waals surface area contributed by atoms with Gasteiger partial charge in [-0.15, -0.1) is 0 Å². The molecule has 0 unspecified atom stereocenters. The molecule has 2 rings (SSSR count). The highest BCUT2D eigenvalue weighted by Crippen LogP contribution is 2.38. The molecule has 0 aliphatic rings. The third kappa shape index (κ3) is 3.56. The topological polar surface area (TPSA) is 62.5 Å². The smallest absolute Gasteiger partial charge is 0.145 e. The van der Waals surface area contributed by atoms with Gasteiger partial charge < -0.3 is 14.6 Å². The molecule has 2 aromatic carbocycles. The Balaban J connectivity index is 2.39. The minimum Gasteiger partial charge on any atom is -0.496 e. The number of ether oxygens (including phenoxy) is 2. The van der Waals surface area contributed by atoms with E-state index in [4.69, 9.17) is 19.8 Å². The van der Waals surface area contributed by atoms with E-state index in [1.165, 1.54) is 0 Å². The molecule has 1 N–H and O–H groups in total. The summed E-state index contributed by atoms with van der Waals surface area (Å²) in [5, 5.41) is 18.3. The van der Waals surface area contributed by atoms with E-state index in [2.05, 4.69) is 37.9 Å². The fraction of sp³-hybridized carbons (Fsp3) is 0.133. The van der Waals surface area contributed by atoms with Crippen molar-refractivity contribution in [3.05, 3.63) is 50.4 Å². The summed E-state index contributed by atoms with van der Waals surface area (Å²) in [5.74, 6) is 1.65. The predicted molar refractivity (Wildman–Crippen MR) is 85.5 cm³/mol. The lowest BCUT2D eigenvalue weighted by molar-refractivity contribution is 0.281. The molecule has 0 fully saturated rings. The van der Waals surface area contributed by atoms with Crippen molar-refractivity contribution in [3.63, 3.8) is 0 Å². The molecule has 6 heteroatoms. The molecule has 0 aromatic heterocycles. The van der Waals surface area contributed by atoms with Crippen LogP contribution in [0.25, 0.3) is 0 Å². The maximum absolute atomic E-state index is 9.17. The number of halogens is 2. The minimum atomic E-state index is -0.118. The van der Waals surface area contributed by atoms with E-state index in [1.54, 1.807) is 37.4 Å². The Bertz CT molecular complexity index is 711. The average molecular weight is 413 g/mol. The van der Waals surface area contributed by atoms with Gasteiger partial charge in [0.05, 0.1) is 28.2 Å². The number of aliphatic hydroxyl groups is 1. The Morgan fingerprint density at radius 3 is 2.38 bits per heavy atom. The molecule has 21 heavy (non-hydrogen) atoms. The molecule has 0 spiro atoms. The predicted octanol–water partition coefficient (Wildman–Crippen LogP) is 4.38. The molecule has 4 nitrogen and oxygen atoms in total.